The average molecular weight is 127 g/mol. The predicted octanol–water partition coefficient (Wildman–Crippen LogP) is 0.921. The first-order chi connectivity index (χ1) is 4.25. The number of β-lactam (4-membered cyclic amide) rings is 1. The van der Waals surface area contributed by atoms with Crippen molar-refractivity contribution in [3.63, 3.8) is 0 Å². The van der Waals surface area contributed by atoms with Gasteiger partial charge in [-0.3, -0.25) is 4.79 Å². The van der Waals surface area contributed by atoms with E-state index in [4.69, 9.17) is 0 Å². The lowest BCUT2D eigenvalue weighted by Crippen LogP contribution is -2.56. The highest BCUT2D eigenvalue weighted by atomic mass is 16.2. The van der Waals surface area contributed by atoms with Crippen LogP contribution in [0.4, 0.5) is 0 Å². The fourth-order valence-corrected chi connectivity index (χ4v) is 1.25. The SMILES string of the molecule is CCCC1C(=O)NC1C. The van der Waals surface area contributed by atoms with Gasteiger partial charge in [0.15, 0.2) is 0 Å². The Labute approximate surface area is 55.6 Å². The summed E-state index contributed by atoms with van der Waals surface area (Å²) >= 11 is 0. The van der Waals surface area contributed by atoms with Gasteiger partial charge in [0, 0.05) is 6.04 Å². The zero-order valence-corrected chi connectivity index (χ0v) is 5.98. The van der Waals surface area contributed by atoms with Gasteiger partial charge in [0.25, 0.3) is 0 Å². The largest absolute Gasteiger partial charge is 0.353 e. The van der Waals surface area contributed by atoms with Gasteiger partial charge in [-0.05, 0) is 13.3 Å². The number of nitrogens with one attached hydrogen (secondary N) is 1. The first-order valence-electron chi connectivity index (χ1n) is 3.56. The summed E-state index contributed by atoms with van der Waals surface area (Å²) in [6, 6.07) is 0.428. The maximum absolute atomic E-state index is 10.7. The molecule has 1 saturated heterocycles. The molecule has 0 aliphatic carbocycles. The van der Waals surface area contributed by atoms with Crippen LogP contribution in [-0.4, -0.2) is 11.9 Å². The van der Waals surface area contributed by atoms with Crippen LogP contribution in [0, 0.1) is 5.92 Å². The molecule has 2 nitrogen and oxygen atoms in total. The molecule has 0 bridgehead atoms. The summed E-state index contributed by atoms with van der Waals surface area (Å²) in [5.74, 6) is 0.555. The van der Waals surface area contributed by atoms with Gasteiger partial charge in [-0.2, -0.15) is 0 Å². The number of carbonyl (C=O) groups excluding carboxylic acids is 1. The minimum atomic E-state index is 0.240. The third-order valence-corrected chi connectivity index (χ3v) is 1.91. The molecule has 0 aromatic carbocycles. The van der Waals surface area contributed by atoms with E-state index in [1.807, 2.05) is 0 Å². The van der Waals surface area contributed by atoms with E-state index < -0.39 is 0 Å². The highest BCUT2D eigenvalue weighted by Crippen LogP contribution is 2.19. The number of carbonyl (C=O) groups is 1. The third-order valence-electron chi connectivity index (χ3n) is 1.91. The zero-order chi connectivity index (χ0) is 6.85. The van der Waals surface area contributed by atoms with Crippen molar-refractivity contribution in [1.29, 1.82) is 0 Å². The highest BCUT2D eigenvalue weighted by molar-refractivity contribution is 5.85. The number of rotatable bonds is 2. The Kier molecular flexibility index (Phi) is 1.74. The van der Waals surface area contributed by atoms with Gasteiger partial charge in [0.05, 0.1) is 5.92 Å². The van der Waals surface area contributed by atoms with Crippen LogP contribution in [-0.2, 0) is 4.79 Å². The lowest BCUT2D eigenvalue weighted by molar-refractivity contribution is -0.134. The Balaban J connectivity index is 2.30. The van der Waals surface area contributed by atoms with E-state index in [-0.39, 0.29) is 5.91 Å². The molecule has 2 unspecified atom stereocenters. The topological polar surface area (TPSA) is 29.1 Å². The van der Waals surface area contributed by atoms with Crippen molar-refractivity contribution < 1.29 is 4.79 Å². The van der Waals surface area contributed by atoms with Crippen molar-refractivity contribution in [1.82, 2.24) is 5.32 Å². The molecule has 0 aromatic rings. The third kappa shape index (κ3) is 1.07. The summed E-state index contributed by atoms with van der Waals surface area (Å²) in [6.45, 7) is 4.17. The van der Waals surface area contributed by atoms with Crippen LogP contribution >= 0.6 is 0 Å². The second kappa shape index (κ2) is 2.38. The van der Waals surface area contributed by atoms with Crippen LogP contribution in [0.1, 0.15) is 26.7 Å². The lowest BCUT2D eigenvalue weighted by Gasteiger charge is -2.33. The van der Waals surface area contributed by atoms with Gasteiger partial charge in [-0.15, -0.1) is 0 Å². The summed E-state index contributed by atoms with van der Waals surface area (Å²) in [4.78, 5) is 10.7. The number of hydrogen-bond acceptors (Lipinski definition) is 1. The van der Waals surface area contributed by atoms with Gasteiger partial charge in [0.1, 0.15) is 0 Å². The standard InChI is InChI=1S/C7H13NO/c1-3-4-6-5(2)8-7(6)9/h5-6H,3-4H2,1-2H3,(H,8,9). The zero-order valence-electron chi connectivity index (χ0n) is 5.98. The summed E-state index contributed by atoms with van der Waals surface area (Å²) in [5, 5.41) is 2.80. The van der Waals surface area contributed by atoms with Crippen molar-refractivity contribution >= 4 is 5.91 Å². The van der Waals surface area contributed by atoms with Gasteiger partial charge in [-0.25, -0.2) is 0 Å². The van der Waals surface area contributed by atoms with Gasteiger partial charge in [0.2, 0.25) is 5.91 Å². The minimum absolute atomic E-state index is 0.240. The van der Waals surface area contributed by atoms with Crippen LogP contribution in [0.5, 0.6) is 0 Å². The molecule has 2 heteroatoms. The van der Waals surface area contributed by atoms with E-state index >= 15 is 0 Å². The molecular weight excluding hydrogens is 114 g/mol. The molecule has 1 aliphatic heterocycles. The molecule has 1 amide bonds. The van der Waals surface area contributed by atoms with Gasteiger partial charge >= 0.3 is 0 Å². The number of amides is 1. The molecular formula is C7H13NO. The van der Waals surface area contributed by atoms with Crippen LogP contribution in [0.25, 0.3) is 0 Å². The maximum Gasteiger partial charge on any atom is 0.225 e. The summed E-state index contributed by atoms with van der Waals surface area (Å²) in [5.41, 5.74) is 0. The quantitative estimate of drug-likeness (QED) is 0.549. The van der Waals surface area contributed by atoms with Crippen molar-refractivity contribution in [2.45, 2.75) is 32.7 Å². The molecule has 2 atom stereocenters. The van der Waals surface area contributed by atoms with Crippen molar-refractivity contribution in [2.75, 3.05) is 0 Å². The first-order valence-corrected chi connectivity index (χ1v) is 3.56. The molecule has 9 heavy (non-hydrogen) atoms. The molecule has 0 saturated carbocycles. The van der Waals surface area contributed by atoms with Crippen LogP contribution in [0.2, 0.25) is 0 Å². The average Bonchev–Trinajstić information content (AvgIpc) is 1.84. The molecule has 1 heterocycles. The lowest BCUT2D eigenvalue weighted by atomic mass is 9.88. The molecule has 1 N–H and O–H groups in total. The Bertz CT molecular complexity index is 122. The first kappa shape index (κ1) is 6.59. The maximum atomic E-state index is 10.7. The van der Waals surface area contributed by atoms with Gasteiger partial charge in [-0.1, -0.05) is 13.3 Å². The molecule has 1 rings (SSSR count). The van der Waals surface area contributed by atoms with Gasteiger partial charge < -0.3 is 5.32 Å². The molecule has 52 valence electrons. The fourth-order valence-electron chi connectivity index (χ4n) is 1.25. The Morgan fingerprint density at radius 3 is 2.56 bits per heavy atom. The normalized spacial score (nSPS) is 33.3. The monoisotopic (exact) mass is 127 g/mol. The predicted molar refractivity (Wildman–Crippen MR) is 36.0 cm³/mol. The van der Waals surface area contributed by atoms with E-state index in [2.05, 4.69) is 19.2 Å². The molecule has 1 aliphatic rings. The van der Waals surface area contributed by atoms with Crippen LogP contribution in [0.15, 0.2) is 0 Å². The van der Waals surface area contributed by atoms with Crippen LogP contribution in [0.3, 0.4) is 0 Å². The van der Waals surface area contributed by atoms with Crippen molar-refractivity contribution in [3.05, 3.63) is 0 Å². The Morgan fingerprint density at radius 1 is 1.67 bits per heavy atom. The molecule has 0 spiro atoms. The fraction of sp³-hybridized carbons (Fsp3) is 0.857. The van der Waals surface area contributed by atoms with Crippen molar-refractivity contribution in [2.24, 2.45) is 5.92 Å². The molecule has 1 fully saturated rings. The van der Waals surface area contributed by atoms with Crippen LogP contribution < -0.4 is 5.32 Å². The smallest absolute Gasteiger partial charge is 0.225 e. The van der Waals surface area contributed by atoms with E-state index in [9.17, 15) is 4.79 Å². The van der Waals surface area contributed by atoms with E-state index in [1.54, 1.807) is 0 Å². The second-order valence-electron chi connectivity index (χ2n) is 2.69. The summed E-state index contributed by atoms with van der Waals surface area (Å²) in [6.07, 6.45) is 2.16. The summed E-state index contributed by atoms with van der Waals surface area (Å²) in [7, 11) is 0. The summed E-state index contributed by atoms with van der Waals surface area (Å²) < 4.78 is 0. The Morgan fingerprint density at radius 2 is 2.33 bits per heavy atom. The van der Waals surface area contributed by atoms with E-state index in [1.165, 1.54) is 0 Å². The van der Waals surface area contributed by atoms with E-state index in [0.717, 1.165) is 12.8 Å². The second-order valence-corrected chi connectivity index (χ2v) is 2.69. The minimum Gasteiger partial charge on any atom is -0.353 e. The molecule has 0 aromatic heterocycles. The van der Waals surface area contributed by atoms with E-state index in [0.29, 0.717) is 12.0 Å². The molecule has 0 radical (unpaired) electrons. The number of hydrogen-bond donors (Lipinski definition) is 1. The highest BCUT2D eigenvalue weighted by Gasteiger charge is 2.34. The Hall–Kier alpha value is -0.530. The van der Waals surface area contributed by atoms with Crippen molar-refractivity contribution in [3.8, 4) is 0 Å².